The Balaban J connectivity index is 1.97. The monoisotopic (exact) mass is 390 g/mol. The molecule has 1 heterocycles. The number of carbonyl (C=O) groups is 1. The van der Waals surface area contributed by atoms with Crippen LogP contribution >= 0.6 is 11.6 Å². The largest absolute Gasteiger partial charge is 0.494 e. The number of nitrogens with one attached hydrogen (secondary N) is 1. The lowest BCUT2D eigenvalue weighted by molar-refractivity contribution is 0.0697. The molecule has 0 aliphatic carbocycles. The van der Waals surface area contributed by atoms with E-state index in [-0.39, 0.29) is 11.4 Å². The fourth-order valence-electron chi connectivity index (χ4n) is 3.09. The maximum atomic E-state index is 11.3. The summed E-state index contributed by atoms with van der Waals surface area (Å²) >= 11 is 6.07. The van der Waals surface area contributed by atoms with Crippen LogP contribution in [0.3, 0.4) is 0 Å². The van der Waals surface area contributed by atoms with Crippen molar-refractivity contribution in [2.75, 3.05) is 0 Å². The molecule has 6 heteroatoms. The van der Waals surface area contributed by atoms with Crippen LogP contribution in [0.2, 0.25) is 5.02 Å². The fraction of sp³-hybridized carbons (Fsp3) is 0. The Kier molecular flexibility index (Phi) is 4.59. The van der Waals surface area contributed by atoms with Gasteiger partial charge in [-0.2, -0.15) is 0 Å². The summed E-state index contributed by atoms with van der Waals surface area (Å²) in [7, 11) is 0. The highest BCUT2D eigenvalue weighted by atomic mass is 35.5. The molecule has 3 N–H and O–H groups in total. The molecule has 3 aromatic carbocycles. The molecule has 1 aromatic heterocycles. The van der Waals surface area contributed by atoms with Gasteiger partial charge in [0, 0.05) is 16.0 Å². The van der Waals surface area contributed by atoms with Gasteiger partial charge in [0.25, 0.3) is 0 Å². The zero-order valence-electron chi connectivity index (χ0n) is 14.6. The summed E-state index contributed by atoms with van der Waals surface area (Å²) < 4.78 is 0. The van der Waals surface area contributed by atoms with Gasteiger partial charge in [0.2, 0.25) is 0 Å². The summed E-state index contributed by atoms with van der Waals surface area (Å²) in [6.07, 6.45) is 0. The third kappa shape index (κ3) is 3.35. The predicted molar refractivity (Wildman–Crippen MR) is 110 cm³/mol. The van der Waals surface area contributed by atoms with E-state index in [2.05, 4.69) is 9.98 Å². The molecule has 0 bridgehead atoms. The molecular formula is C22H15ClN2O3. The highest BCUT2D eigenvalue weighted by Crippen LogP contribution is 2.32. The van der Waals surface area contributed by atoms with Gasteiger partial charge in [0.15, 0.2) is 5.88 Å². The first-order chi connectivity index (χ1) is 13.5. The molecule has 0 aliphatic heterocycles. The summed E-state index contributed by atoms with van der Waals surface area (Å²) in [5, 5.41) is 21.2. The van der Waals surface area contributed by atoms with Gasteiger partial charge in [-0.3, -0.25) is 0 Å². The molecule has 0 unspecified atom stereocenters. The van der Waals surface area contributed by atoms with Crippen LogP contribution in [0, 0.1) is 0 Å². The van der Waals surface area contributed by atoms with Crippen molar-refractivity contribution in [2.24, 2.45) is 4.99 Å². The number of hydrogen-bond acceptors (Lipinski definition) is 3. The van der Waals surface area contributed by atoms with Gasteiger partial charge in [-0.05, 0) is 30.3 Å². The molecule has 4 aromatic rings. The first-order valence-corrected chi connectivity index (χ1v) is 8.89. The topological polar surface area (TPSA) is 85.7 Å². The van der Waals surface area contributed by atoms with Crippen LogP contribution in [-0.4, -0.2) is 26.9 Å². The Bertz CT molecular complexity index is 1210. The fourth-order valence-corrected chi connectivity index (χ4v) is 3.27. The molecule has 0 radical (unpaired) electrons. The molecule has 0 atom stereocenters. The standard InChI is InChI=1S/C22H15ClN2O3/c23-15-9-10-17-18(12-15)25-21(26)19(17)20(13-5-2-1-3-6-13)24-16-8-4-7-14(11-16)22(27)28/h1-12,25-26H,(H,27,28). The molecular weight excluding hydrogens is 376 g/mol. The number of carboxylic acid groups (broad SMARTS) is 1. The normalized spacial score (nSPS) is 11.7. The molecule has 138 valence electrons. The van der Waals surface area contributed by atoms with Gasteiger partial charge in [0.05, 0.1) is 28.0 Å². The minimum Gasteiger partial charge on any atom is -0.494 e. The highest BCUT2D eigenvalue weighted by Gasteiger charge is 2.19. The molecule has 0 aliphatic rings. The highest BCUT2D eigenvalue weighted by molar-refractivity contribution is 6.31. The summed E-state index contributed by atoms with van der Waals surface area (Å²) in [5.41, 5.74) is 3.13. The maximum absolute atomic E-state index is 11.3. The van der Waals surface area contributed by atoms with E-state index < -0.39 is 5.97 Å². The molecule has 0 amide bonds. The third-order valence-electron chi connectivity index (χ3n) is 4.36. The van der Waals surface area contributed by atoms with Crippen molar-refractivity contribution in [3.05, 3.63) is 94.5 Å². The van der Waals surface area contributed by atoms with Crippen LogP contribution in [0.15, 0.2) is 77.8 Å². The van der Waals surface area contributed by atoms with Crippen molar-refractivity contribution in [3.63, 3.8) is 0 Å². The van der Waals surface area contributed by atoms with Crippen LogP contribution in [0.25, 0.3) is 10.9 Å². The van der Waals surface area contributed by atoms with Crippen molar-refractivity contribution in [2.45, 2.75) is 0 Å². The number of halogens is 1. The molecule has 0 saturated heterocycles. The number of benzene rings is 3. The van der Waals surface area contributed by atoms with E-state index in [0.29, 0.717) is 27.5 Å². The number of fused-ring (bicyclic) bond motifs is 1. The van der Waals surface area contributed by atoms with Crippen molar-refractivity contribution >= 4 is 39.9 Å². The number of H-pyrrole nitrogens is 1. The van der Waals surface area contributed by atoms with E-state index in [4.69, 9.17) is 11.6 Å². The van der Waals surface area contributed by atoms with Crippen LogP contribution in [-0.2, 0) is 0 Å². The van der Waals surface area contributed by atoms with Crippen molar-refractivity contribution in [1.29, 1.82) is 0 Å². The van der Waals surface area contributed by atoms with Gasteiger partial charge < -0.3 is 15.2 Å². The van der Waals surface area contributed by atoms with Gasteiger partial charge >= 0.3 is 5.97 Å². The number of carboxylic acids is 1. The number of rotatable bonds is 4. The Hall–Kier alpha value is -3.57. The first-order valence-electron chi connectivity index (χ1n) is 8.51. The Morgan fingerprint density at radius 1 is 0.929 bits per heavy atom. The molecule has 4 rings (SSSR count). The zero-order chi connectivity index (χ0) is 19.7. The average molecular weight is 391 g/mol. The minimum atomic E-state index is -1.03. The van der Waals surface area contributed by atoms with E-state index in [9.17, 15) is 15.0 Å². The number of hydrogen-bond donors (Lipinski definition) is 3. The second-order valence-electron chi connectivity index (χ2n) is 6.22. The van der Waals surface area contributed by atoms with E-state index in [0.717, 1.165) is 10.9 Å². The Labute approximate surface area is 165 Å². The number of aromatic hydroxyl groups is 1. The quantitative estimate of drug-likeness (QED) is 0.408. The average Bonchev–Trinajstić information content (AvgIpc) is 3.01. The molecule has 0 spiro atoms. The summed E-state index contributed by atoms with van der Waals surface area (Å²) in [5.74, 6) is -1.06. The van der Waals surface area contributed by atoms with Crippen LogP contribution in [0.4, 0.5) is 5.69 Å². The van der Waals surface area contributed by atoms with E-state index in [1.165, 1.54) is 12.1 Å². The lowest BCUT2D eigenvalue weighted by Crippen LogP contribution is -2.03. The molecule has 5 nitrogen and oxygen atoms in total. The molecule has 28 heavy (non-hydrogen) atoms. The van der Waals surface area contributed by atoms with Crippen LogP contribution in [0.1, 0.15) is 21.5 Å². The van der Waals surface area contributed by atoms with E-state index in [1.54, 1.807) is 24.3 Å². The SMILES string of the molecule is O=C(O)c1cccc(N=C(c2ccccc2)c2c(O)[nH]c3cc(Cl)ccc23)c1. The van der Waals surface area contributed by atoms with Crippen LogP contribution < -0.4 is 0 Å². The number of aromatic nitrogens is 1. The van der Waals surface area contributed by atoms with E-state index in [1.807, 2.05) is 36.4 Å². The van der Waals surface area contributed by atoms with Crippen molar-refractivity contribution in [1.82, 2.24) is 4.98 Å². The lowest BCUT2D eigenvalue weighted by atomic mass is 10.0. The van der Waals surface area contributed by atoms with Gasteiger partial charge in [-0.15, -0.1) is 0 Å². The van der Waals surface area contributed by atoms with E-state index >= 15 is 0 Å². The predicted octanol–water partition coefficient (Wildman–Crippen LogP) is 5.39. The number of aromatic carboxylic acids is 1. The minimum absolute atomic E-state index is 0.0331. The second kappa shape index (κ2) is 7.21. The Morgan fingerprint density at radius 3 is 2.43 bits per heavy atom. The molecule has 0 fully saturated rings. The van der Waals surface area contributed by atoms with Gasteiger partial charge in [-0.1, -0.05) is 54.1 Å². The Morgan fingerprint density at radius 2 is 1.68 bits per heavy atom. The first kappa shape index (κ1) is 17.8. The zero-order valence-corrected chi connectivity index (χ0v) is 15.3. The number of aliphatic imine (C=N–C) groups is 1. The summed E-state index contributed by atoms with van der Waals surface area (Å²) in [6.45, 7) is 0. The van der Waals surface area contributed by atoms with Gasteiger partial charge in [-0.25, -0.2) is 9.79 Å². The van der Waals surface area contributed by atoms with Crippen molar-refractivity contribution in [3.8, 4) is 5.88 Å². The van der Waals surface area contributed by atoms with Gasteiger partial charge in [0.1, 0.15) is 0 Å². The summed E-state index contributed by atoms with van der Waals surface area (Å²) in [6, 6.07) is 21.1. The second-order valence-corrected chi connectivity index (χ2v) is 6.66. The smallest absolute Gasteiger partial charge is 0.335 e. The van der Waals surface area contributed by atoms with Crippen molar-refractivity contribution < 1.29 is 15.0 Å². The molecule has 0 saturated carbocycles. The lowest BCUT2D eigenvalue weighted by Gasteiger charge is -2.08. The third-order valence-corrected chi connectivity index (χ3v) is 4.59. The number of aromatic amines is 1. The summed E-state index contributed by atoms with van der Waals surface area (Å²) in [4.78, 5) is 18.9. The van der Waals surface area contributed by atoms with Crippen LogP contribution in [0.5, 0.6) is 5.88 Å². The maximum Gasteiger partial charge on any atom is 0.335 e. The number of nitrogens with zero attached hydrogens (tertiary/aromatic N) is 1.